The van der Waals surface area contributed by atoms with Crippen LogP contribution in [0, 0.1) is 0 Å². The smallest absolute Gasteiger partial charge is 0.278 e. The summed E-state index contributed by atoms with van der Waals surface area (Å²) in [6.07, 6.45) is 0.601. The van der Waals surface area contributed by atoms with E-state index < -0.39 is 0 Å². The van der Waals surface area contributed by atoms with Gasteiger partial charge in [-0.15, -0.1) is 0 Å². The number of ether oxygens (including phenoxy) is 1. The van der Waals surface area contributed by atoms with Gasteiger partial charge < -0.3 is 21.2 Å². The molecule has 1 atom stereocenters. The second kappa shape index (κ2) is 4.52. The Kier molecular flexibility index (Phi) is 3.07. The number of anilines is 1. The molecule has 0 spiro atoms. The normalized spacial score (nSPS) is 13.1. The average molecular weight is 238 g/mol. The molecule has 6 N–H and O–H groups in total. The van der Waals surface area contributed by atoms with Crippen molar-refractivity contribution in [2.45, 2.75) is 12.5 Å². The molecule has 0 radical (unpaired) electrons. The van der Waals surface area contributed by atoms with Gasteiger partial charge in [0.25, 0.3) is 5.56 Å². The maximum atomic E-state index is 11.5. The Balaban J connectivity index is 2.37. The Morgan fingerprint density at radius 1 is 1.41 bits per heavy atom. The summed E-state index contributed by atoms with van der Waals surface area (Å²) >= 11 is 0. The Morgan fingerprint density at radius 2 is 2.18 bits per heavy atom. The van der Waals surface area contributed by atoms with E-state index in [0.717, 1.165) is 0 Å². The lowest BCUT2D eigenvalue weighted by Gasteiger charge is -2.06. The minimum atomic E-state index is -0.356. The van der Waals surface area contributed by atoms with Gasteiger partial charge in [-0.1, -0.05) is 0 Å². The lowest BCUT2D eigenvalue weighted by atomic mass is 10.2. The van der Waals surface area contributed by atoms with Crippen LogP contribution in [0.25, 0.3) is 11.2 Å². The molecule has 2 aromatic rings. The van der Waals surface area contributed by atoms with Crippen LogP contribution in [0.15, 0.2) is 4.79 Å². The first-order valence-electron chi connectivity index (χ1n) is 5.11. The second-order valence-electron chi connectivity index (χ2n) is 3.66. The van der Waals surface area contributed by atoms with Crippen LogP contribution in [0.3, 0.4) is 0 Å². The summed E-state index contributed by atoms with van der Waals surface area (Å²) in [4.78, 5) is 24.8. The SMILES string of the molecule is COCCC(N)c1nc2nc(N)[nH]c(=O)c2[nH]1. The summed E-state index contributed by atoms with van der Waals surface area (Å²) in [5.74, 6) is 0.534. The fourth-order valence-corrected chi connectivity index (χ4v) is 1.50. The number of hydrogen-bond acceptors (Lipinski definition) is 6. The van der Waals surface area contributed by atoms with E-state index >= 15 is 0 Å². The lowest BCUT2D eigenvalue weighted by Crippen LogP contribution is -2.14. The Morgan fingerprint density at radius 3 is 2.88 bits per heavy atom. The molecule has 0 aliphatic heterocycles. The van der Waals surface area contributed by atoms with E-state index in [0.29, 0.717) is 18.9 Å². The molecule has 2 aromatic heterocycles. The number of nitrogens with one attached hydrogen (secondary N) is 2. The Bertz CT molecular complexity index is 574. The predicted molar refractivity (Wildman–Crippen MR) is 62.3 cm³/mol. The van der Waals surface area contributed by atoms with Crippen molar-refractivity contribution in [1.29, 1.82) is 0 Å². The molecule has 8 heteroatoms. The molecular formula is C9H14N6O2. The van der Waals surface area contributed by atoms with Gasteiger partial charge in [-0.2, -0.15) is 4.98 Å². The molecule has 0 aliphatic rings. The van der Waals surface area contributed by atoms with E-state index in [-0.39, 0.29) is 28.7 Å². The van der Waals surface area contributed by atoms with Crippen LogP contribution < -0.4 is 17.0 Å². The first-order valence-corrected chi connectivity index (χ1v) is 5.11. The van der Waals surface area contributed by atoms with E-state index in [9.17, 15) is 4.79 Å². The molecule has 0 aliphatic carbocycles. The molecule has 0 bridgehead atoms. The minimum absolute atomic E-state index is 0.0333. The molecule has 0 amide bonds. The number of hydrogen-bond donors (Lipinski definition) is 4. The van der Waals surface area contributed by atoms with Crippen molar-refractivity contribution in [2.75, 3.05) is 19.5 Å². The van der Waals surface area contributed by atoms with E-state index in [1.54, 1.807) is 7.11 Å². The van der Waals surface area contributed by atoms with E-state index in [1.807, 2.05) is 0 Å². The molecule has 8 nitrogen and oxygen atoms in total. The van der Waals surface area contributed by atoms with Crippen LogP contribution in [-0.2, 0) is 4.74 Å². The zero-order valence-corrected chi connectivity index (χ0v) is 9.36. The molecule has 2 heterocycles. The molecule has 0 saturated heterocycles. The van der Waals surface area contributed by atoms with Gasteiger partial charge in [0, 0.05) is 13.7 Å². The third kappa shape index (κ3) is 2.27. The van der Waals surface area contributed by atoms with Gasteiger partial charge >= 0.3 is 0 Å². The van der Waals surface area contributed by atoms with Crippen LogP contribution >= 0.6 is 0 Å². The number of imidazole rings is 1. The fourth-order valence-electron chi connectivity index (χ4n) is 1.50. The third-order valence-electron chi connectivity index (χ3n) is 2.38. The number of nitrogens with two attached hydrogens (primary N) is 2. The van der Waals surface area contributed by atoms with Gasteiger partial charge in [0.1, 0.15) is 5.82 Å². The van der Waals surface area contributed by atoms with Crippen LogP contribution in [-0.4, -0.2) is 33.7 Å². The van der Waals surface area contributed by atoms with Gasteiger partial charge in [0.05, 0.1) is 6.04 Å². The standard InChI is InChI=1S/C9H14N6O2/c1-17-3-2-4(10)6-12-5-7(13-6)14-9(11)15-8(5)16/h4H,2-3,10H2,1H3,(H4,11,12,13,14,15,16). The highest BCUT2D eigenvalue weighted by molar-refractivity contribution is 5.70. The number of aromatic amines is 2. The summed E-state index contributed by atoms with van der Waals surface area (Å²) in [6, 6.07) is -0.329. The minimum Gasteiger partial charge on any atom is -0.385 e. The number of nitrogens with zero attached hydrogens (tertiary/aromatic N) is 2. The molecule has 1 unspecified atom stereocenters. The van der Waals surface area contributed by atoms with Crippen molar-refractivity contribution in [3.8, 4) is 0 Å². The first kappa shape index (κ1) is 11.6. The van der Waals surface area contributed by atoms with E-state index in [4.69, 9.17) is 16.2 Å². The highest BCUT2D eigenvalue weighted by atomic mass is 16.5. The topological polar surface area (TPSA) is 136 Å². The van der Waals surface area contributed by atoms with E-state index in [2.05, 4.69) is 19.9 Å². The second-order valence-corrected chi connectivity index (χ2v) is 3.66. The van der Waals surface area contributed by atoms with Crippen molar-refractivity contribution >= 4 is 17.1 Å². The molecule has 0 aromatic carbocycles. The number of nitrogen functional groups attached to an aromatic ring is 1. The van der Waals surface area contributed by atoms with Gasteiger partial charge in [-0.25, -0.2) is 4.98 Å². The molecule has 17 heavy (non-hydrogen) atoms. The molecular weight excluding hydrogens is 224 g/mol. The summed E-state index contributed by atoms with van der Waals surface area (Å²) in [6.45, 7) is 0.518. The largest absolute Gasteiger partial charge is 0.385 e. The van der Waals surface area contributed by atoms with Crippen molar-refractivity contribution in [2.24, 2.45) is 5.73 Å². The third-order valence-corrected chi connectivity index (χ3v) is 2.38. The Hall–Kier alpha value is -1.93. The first-order chi connectivity index (χ1) is 8.11. The fraction of sp³-hybridized carbons (Fsp3) is 0.444. The number of H-pyrrole nitrogens is 2. The number of aromatic nitrogens is 4. The van der Waals surface area contributed by atoms with Gasteiger partial charge in [-0.3, -0.25) is 9.78 Å². The Labute approximate surface area is 96.4 Å². The summed E-state index contributed by atoms with van der Waals surface area (Å²) in [7, 11) is 1.60. The van der Waals surface area contributed by atoms with Crippen LogP contribution in [0.5, 0.6) is 0 Å². The maximum Gasteiger partial charge on any atom is 0.278 e. The van der Waals surface area contributed by atoms with Crippen LogP contribution in [0.4, 0.5) is 5.95 Å². The van der Waals surface area contributed by atoms with Gasteiger partial charge in [0.2, 0.25) is 5.95 Å². The zero-order chi connectivity index (χ0) is 12.4. The molecule has 0 saturated carbocycles. The number of methoxy groups -OCH3 is 1. The van der Waals surface area contributed by atoms with Crippen molar-refractivity contribution in [1.82, 2.24) is 19.9 Å². The highest BCUT2D eigenvalue weighted by Crippen LogP contribution is 2.13. The predicted octanol–water partition coefficient (Wildman–Crippen LogP) is -0.735. The number of fused-ring (bicyclic) bond motifs is 1. The molecule has 92 valence electrons. The van der Waals surface area contributed by atoms with Gasteiger partial charge in [-0.05, 0) is 6.42 Å². The van der Waals surface area contributed by atoms with Crippen LogP contribution in [0.1, 0.15) is 18.3 Å². The van der Waals surface area contributed by atoms with Crippen molar-refractivity contribution < 1.29 is 4.74 Å². The van der Waals surface area contributed by atoms with E-state index in [1.165, 1.54) is 0 Å². The summed E-state index contributed by atoms with van der Waals surface area (Å²) in [5.41, 5.74) is 11.5. The summed E-state index contributed by atoms with van der Waals surface area (Å²) in [5, 5.41) is 0. The van der Waals surface area contributed by atoms with Crippen molar-refractivity contribution in [3.63, 3.8) is 0 Å². The highest BCUT2D eigenvalue weighted by Gasteiger charge is 2.14. The quantitative estimate of drug-likeness (QED) is 0.554. The lowest BCUT2D eigenvalue weighted by molar-refractivity contribution is 0.187. The van der Waals surface area contributed by atoms with Crippen molar-refractivity contribution in [3.05, 3.63) is 16.2 Å². The molecule has 0 fully saturated rings. The molecule has 2 rings (SSSR count). The monoisotopic (exact) mass is 238 g/mol. The van der Waals surface area contributed by atoms with Crippen LogP contribution in [0.2, 0.25) is 0 Å². The number of rotatable bonds is 4. The average Bonchev–Trinajstić information content (AvgIpc) is 2.69. The summed E-state index contributed by atoms with van der Waals surface area (Å²) < 4.78 is 4.93. The van der Waals surface area contributed by atoms with Gasteiger partial charge in [0.15, 0.2) is 11.2 Å². The maximum absolute atomic E-state index is 11.5. The zero-order valence-electron chi connectivity index (χ0n) is 9.36.